The Hall–Kier alpha value is -2.33. The van der Waals surface area contributed by atoms with E-state index in [2.05, 4.69) is 21.4 Å². The number of hydrogen-bond donors (Lipinski definition) is 3. The third kappa shape index (κ3) is 3.91. The van der Waals surface area contributed by atoms with Crippen LogP contribution in [0.1, 0.15) is 67.4 Å². The first kappa shape index (κ1) is 18.5. The predicted octanol–water partition coefficient (Wildman–Crippen LogP) is 1.20. The van der Waals surface area contributed by atoms with E-state index in [0.29, 0.717) is 31.5 Å². The number of hydrogen-bond acceptors (Lipinski definition) is 4. The highest BCUT2D eigenvalue weighted by Gasteiger charge is 2.40. The van der Waals surface area contributed by atoms with Crippen molar-refractivity contribution in [1.29, 1.82) is 0 Å². The van der Waals surface area contributed by atoms with Gasteiger partial charge in [0, 0.05) is 19.1 Å². The van der Waals surface area contributed by atoms with Crippen molar-refractivity contribution in [2.24, 2.45) is 0 Å². The van der Waals surface area contributed by atoms with Crippen molar-refractivity contribution in [2.45, 2.75) is 63.0 Å². The third-order valence-corrected chi connectivity index (χ3v) is 5.39. The molecule has 1 saturated carbocycles. The van der Waals surface area contributed by atoms with E-state index in [-0.39, 0.29) is 23.6 Å². The van der Waals surface area contributed by atoms with Crippen LogP contribution < -0.4 is 5.32 Å². The maximum atomic E-state index is 12.9. The number of amides is 2. The van der Waals surface area contributed by atoms with Crippen LogP contribution in [0.5, 0.6) is 0 Å². The molecule has 140 valence electrons. The predicted molar refractivity (Wildman–Crippen MR) is 96.2 cm³/mol. The van der Waals surface area contributed by atoms with Crippen molar-refractivity contribution in [3.63, 3.8) is 0 Å². The summed E-state index contributed by atoms with van der Waals surface area (Å²) in [6.45, 7) is 1.03. The summed E-state index contributed by atoms with van der Waals surface area (Å²) in [7, 11) is 0. The molecular formula is C19H26N4O3. The van der Waals surface area contributed by atoms with Crippen LogP contribution in [0.4, 0.5) is 0 Å². The van der Waals surface area contributed by atoms with Crippen molar-refractivity contribution >= 4 is 11.8 Å². The van der Waals surface area contributed by atoms with E-state index in [0.717, 1.165) is 38.5 Å². The Labute approximate surface area is 153 Å². The zero-order valence-electron chi connectivity index (χ0n) is 15.0. The first-order chi connectivity index (χ1) is 12.5. The number of carbonyl (C=O) groups excluding carboxylic acids is 2. The third-order valence-electron chi connectivity index (χ3n) is 5.39. The van der Waals surface area contributed by atoms with E-state index in [4.69, 9.17) is 6.42 Å². The second-order valence-electron chi connectivity index (χ2n) is 7.31. The summed E-state index contributed by atoms with van der Waals surface area (Å²) in [4.78, 5) is 27.0. The van der Waals surface area contributed by atoms with Gasteiger partial charge in [0.25, 0.3) is 11.8 Å². The molecule has 2 aliphatic rings. The van der Waals surface area contributed by atoms with Gasteiger partial charge in [0.05, 0.1) is 11.8 Å². The van der Waals surface area contributed by atoms with Gasteiger partial charge in [0.15, 0.2) is 0 Å². The largest absolute Gasteiger partial charge is 0.380 e. The van der Waals surface area contributed by atoms with E-state index < -0.39 is 5.60 Å². The lowest BCUT2D eigenvalue weighted by atomic mass is 9.91. The van der Waals surface area contributed by atoms with Gasteiger partial charge in [0.1, 0.15) is 11.3 Å². The van der Waals surface area contributed by atoms with E-state index >= 15 is 0 Å². The van der Waals surface area contributed by atoms with Gasteiger partial charge in [-0.15, -0.1) is 6.42 Å². The second-order valence-corrected chi connectivity index (χ2v) is 7.31. The molecular weight excluding hydrogens is 332 g/mol. The zero-order valence-corrected chi connectivity index (χ0v) is 15.0. The van der Waals surface area contributed by atoms with Gasteiger partial charge >= 0.3 is 0 Å². The molecule has 26 heavy (non-hydrogen) atoms. The molecule has 1 aromatic heterocycles. The summed E-state index contributed by atoms with van der Waals surface area (Å²) in [6.07, 6.45) is 13.3. The number of aromatic nitrogens is 2. The minimum absolute atomic E-state index is 0.163. The Bertz CT molecular complexity index is 698. The van der Waals surface area contributed by atoms with Crippen LogP contribution in [0, 0.1) is 12.3 Å². The van der Waals surface area contributed by atoms with Gasteiger partial charge < -0.3 is 15.3 Å². The molecule has 7 nitrogen and oxygen atoms in total. The van der Waals surface area contributed by atoms with Crippen molar-refractivity contribution in [1.82, 2.24) is 20.4 Å². The number of aromatic amines is 1. The maximum absolute atomic E-state index is 12.9. The van der Waals surface area contributed by atoms with Crippen molar-refractivity contribution < 1.29 is 14.7 Å². The van der Waals surface area contributed by atoms with Crippen LogP contribution in [0.2, 0.25) is 0 Å². The van der Waals surface area contributed by atoms with Crippen LogP contribution in [-0.2, 0) is 4.79 Å². The van der Waals surface area contributed by atoms with Gasteiger partial charge in [-0.25, -0.2) is 0 Å². The number of piperidine rings is 1. The van der Waals surface area contributed by atoms with E-state index in [1.165, 1.54) is 6.20 Å². The maximum Gasteiger partial charge on any atom is 0.270 e. The minimum atomic E-state index is -1.25. The number of terminal acetylenes is 1. The summed E-state index contributed by atoms with van der Waals surface area (Å²) < 4.78 is 0. The molecule has 0 spiro atoms. The number of likely N-dealkylation sites (tertiary alicyclic amines) is 1. The first-order valence-electron chi connectivity index (χ1n) is 9.36. The molecule has 3 rings (SSSR count). The molecule has 1 atom stereocenters. The molecule has 1 aliphatic carbocycles. The monoisotopic (exact) mass is 358 g/mol. The lowest BCUT2D eigenvalue weighted by Crippen LogP contribution is -2.55. The van der Waals surface area contributed by atoms with Crippen molar-refractivity contribution in [2.75, 3.05) is 13.1 Å². The Balaban J connectivity index is 1.63. The quantitative estimate of drug-likeness (QED) is 0.558. The highest BCUT2D eigenvalue weighted by Crippen LogP contribution is 2.29. The summed E-state index contributed by atoms with van der Waals surface area (Å²) >= 11 is 0. The van der Waals surface area contributed by atoms with Gasteiger partial charge in [-0.3, -0.25) is 14.7 Å². The van der Waals surface area contributed by atoms with Crippen LogP contribution in [0.15, 0.2) is 6.20 Å². The average Bonchev–Trinajstić information content (AvgIpc) is 3.02. The number of H-pyrrole nitrogens is 1. The number of carbonyl (C=O) groups is 2. The average molecular weight is 358 g/mol. The van der Waals surface area contributed by atoms with E-state index in [9.17, 15) is 14.7 Å². The molecule has 2 amide bonds. The van der Waals surface area contributed by atoms with Gasteiger partial charge in [0.2, 0.25) is 0 Å². The fourth-order valence-corrected chi connectivity index (χ4v) is 3.93. The summed E-state index contributed by atoms with van der Waals surface area (Å²) in [5, 5.41) is 20.2. The smallest absolute Gasteiger partial charge is 0.270 e. The second kappa shape index (κ2) is 7.92. The number of rotatable bonds is 3. The standard InChI is InChI=1S/C19H26N4O3/c1-2-14-12-20-22-16(14)17(24)21-15-8-7-11-23(13-15)18(25)19(26)9-5-3-4-6-10-19/h1,12,15,26H,3-11,13H2,(H,20,22)(H,21,24). The van der Waals surface area contributed by atoms with Crippen LogP contribution in [0.3, 0.4) is 0 Å². The molecule has 2 fully saturated rings. The van der Waals surface area contributed by atoms with Crippen molar-refractivity contribution in [3.8, 4) is 12.3 Å². The highest BCUT2D eigenvalue weighted by molar-refractivity contribution is 5.95. The van der Waals surface area contributed by atoms with Crippen LogP contribution in [0.25, 0.3) is 0 Å². The Morgan fingerprint density at radius 1 is 1.31 bits per heavy atom. The Kier molecular flexibility index (Phi) is 5.62. The topological polar surface area (TPSA) is 98.3 Å². The van der Waals surface area contributed by atoms with Crippen LogP contribution in [-0.4, -0.2) is 56.8 Å². The molecule has 2 heterocycles. The highest BCUT2D eigenvalue weighted by atomic mass is 16.3. The van der Waals surface area contributed by atoms with E-state index in [1.54, 1.807) is 4.90 Å². The molecule has 1 unspecified atom stereocenters. The van der Waals surface area contributed by atoms with Gasteiger partial charge in [-0.1, -0.05) is 31.6 Å². The summed E-state index contributed by atoms with van der Waals surface area (Å²) in [5.74, 6) is 1.92. The SMILES string of the molecule is C#Cc1cn[nH]c1C(=O)NC1CCCN(C(=O)C2(O)CCCCCC2)C1. The lowest BCUT2D eigenvalue weighted by Gasteiger charge is -2.38. The molecule has 3 N–H and O–H groups in total. The minimum Gasteiger partial charge on any atom is -0.380 e. The van der Waals surface area contributed by atoms with Gasteiger partial charge in [-0.2, -0.15) is 5.10 Å². The molecule has 1 aliphatic heterocycles. The number of nitrogens with zero attached hydrogens (tertiary/aromatic N) is 2. The molecule has 1 saturated heterocycles. The van der Waals surface area contributed by atoms with E-state index in [1.807, 2.05) is 0 Å². The van der Waals surface area contributed by atoms with Gasteiger partial charge in [-0.05, 0) is 25.7 Å². The number of aliphatic hydroxyl groups is 1. The Morgan fingerprint density at radius 2 is 2.04 bits per heavy atom. The fourth-order valence-electron chi connectivity index (χ4n) is 3.93. The molecule has 0 bridgehead atoms. The van der Waals surface area contributed by atoms with Crippen LogP contribution >= 0.6 is 0 Å². The molecule has 1 aromatic rings. The Morgan fingerprint density at radius 3 is 2.73 bits per heavy atom. The summed E-state index contributed by atoms with van der Waals surface area (Å²) in [6, 6.07) is -0.163. The molecule has 7 heteroatoms. The lowest BCUT2D eigenvalue weighted by molar-refractivity contribution is -0.154. The summed E-state index contributed by atoms with van der Waals surface area (Å²) in [5.41, 5.74) is -0.569. The molecule has 0 radical (unpaired) electrons. The van der Waals surface area contributed by atoms with Crippen molar-refractivity contribution in [3.05, 3.63) is 17.5 Å². The molecule has 0 aromatic carbocycles. The fraction of sp³-hybridized carbons (Fsp3) is 0.632. The number of nitrogens with one attached hydrogen (secondary N) is 2. The normalized spacial score (nSPS) is 22.9. The zero-order chi connectivity index (χ0) is 18.6. The first-order valence-corrected chi connectivity index (χ1v) is 9.36.